The summed E-state index contributed by atoms with van der Waals surface area (Å²) in [5.41, 5.74) is -0.149. The maximum Gasteiger partial charge on any atom is 0.310 e. The Hall–Kier alpha value is -2.18. The van der Waals surface area contributed by atoms with Gasteiger partial charge in [-0.2, -0.15) is 5.10 Å². The van der Waals surface area contributed by atoms with Gasteiger partial charge < -0.3 is 10.0 Å². The molecule has 0 atom stereocenters. The van der Waals surface area contributed by atoms with Gasteiger partial charge in [0.2, 0.25) is 0 Å². The number of aliphatic carboxylic acids is 1. The SMILES string of the molecule is Cn1nc(C(=O)N2CC(C(=O)O)C2)ccc1=O. The summed E-state index contributed by atoms with van der Waals surface area (Å²) in [5, 5.41) is 12.5. The van der Waals surface area contributed by atoms with Gasteiger partial charge in [0.25, 0.3) is 11.5 Å². The number of rotatable bonds is 2. The topological polar surface area (TPSA) is 92.5 Å². The number of hydrogen-bond donors (Lipinski definition) is 1. The molecule has 1 aliphatic heterocycles. The molecule has 0 bridgehead atoms. The van der Waals surface area contributed by atoms with Crippen molar-refractivity contribution < 1.29 is 14.7 Å². The molecule has 2 rings (SSSR count). The maximum atomic E-state index is 11.8. The number of carbonyl (C=O) groups excluding carboxylic acids is 1. The highest BCUT2D eigenvalue weighted by Gasteiger charge is 2.36. The number of aryl methyl sites for hydroxylation is 1. The smallest absolute Gasteiger partial charge is 0.310 e. The van der Waals surface area contributed by atoms with Gasteiger partial charge in [-0.1, -0.05) is 0 Å². The molecular weight excluding hydrogens is 226 g/mol. The van der Waals surface area contributed by atoms with Crippen LogP contribution in [0.15, 0.2) is 16.9 Å². The molecule has 0 unspecified atom stereocenters. The van der Waals surface area contributed by atoms with Crippen LogP contribution in [0.5, 0.6) is 0 Å². The zero-order valence-corrected chi connectivity index (χ0v) is 9.16. The van der Waals surface area contributed by atoms with Crippen LogP contribution in [0.1, 0.15) is 10.5 Å². The lowest BCUT2D eigenvalue weighted by Crippen LogP contribution is -2.53. The van der Waals surface area contributed by atoms with E-state index in [2.05, 4.69) is 5.10 Å². The minimum atomic E-state index is -0.900. The Kier molecular flexibility index (Phi) is 2.66. The van der Waals surface area contributed by atoms with Crippen LogP contribution in [0.25, 0.3) is 0 Å². The van der Waals surface area contributed by atoms with Gasteiger partial charge in [-0.25, -0.2) is 4.68 Å². The average Bonchev–Trinajstić information content (AvgIpc) is 2.19. The van der Waals surface area contributed by atoms with Gasteiger partial charge in [0.05, 0.1) is 5.92 Å². The lowest BCUT2D eigenvalue weighted by Gasteiger charge is -2.36. The molecule has 7 nitrogen and oxygen atoms in total. The molecule has 0 aromatic carbocycles. The summed E-state index contributed by atoms with van der Waals surface area (Å²) in [4.78, 5) is 34.9. The third kappa shape index (κ3) is 2.03. The number of hydrogen-bond acceptors (Lipinski definition) is 4. The van der Waals surface area contributed by atoms with Crippen molar-refractivity contribution in [3.05, 3.63) is 28.2 Å². The standard InChI is InChI=1S/C10H11N3O4/c1-12-8(14)3-2-7(11-12)9(15)13-4-6(5-13)10(16)17/h2-3,6H,4-5H2,1H3,(H,16,17). The Bertz CT molecular complexity index is 531. The van der Waals surface area contributed by atoms with E-state index in [1.165, 1.54) is 24.1 Å². The molecule has 7 heteroatoms. The third-order valence-corrected chi connectivity index (χ3v) is 2.70. The summed E-state index contributed by atoms with van der Waals surface area (Å²) in [5.74, 6) is -1.74. The summed E-state index contributed by atoms with van der Waals surface area (Å²) in [6.45, 7) is 0.386. The highest BCUT2D eigenvalue weighted by molar-refractivity contribution is 5.93. The van der Waals surface area contributed by atoms with Crippen molar-refractivity contribution in [1.29, 1.82) is 0 Å². The fourth-order valence-corrected chi connectivity index (χ4v) is 1.58. The van der Waals surface area contributed by atoms with E-state index in [-0.39, 0.29) is 30.2 Å². The largest absolute Gasteiger partial charge is 0.481 e. The van der Waals surface area contributed by atoms with Crippen molar-refractivity contribution in [2.75, 3.05) is 13.1 Å². The van der Waals surface area contributed by atoms with Crippen molar-refractivity contribution in [1.82, 2.24) is 14.7 Å². The lowest BCUT2D eigenvalue weighted by atomic mass is 10.0. The van der Waals surface area contributed by atoms with Crippen molar-refractivity contribution in [3.63, 3.8) is 0 Å². The zero-order valence-electron chi connectivity index (χ0n) is 9.16. The van der Waals surface area contributed by atoms with Crippen LogP contribution in [0.3, 0.4) is 0 Å². The monoisotopic (exact) mass is 237 g/mol. The normalized spacial score (nSPS) is 15.5. The van der Waals surface area contributed by atoms with Crippen LogP contribution in [0.4, 0.5) is 0 Å². The van der Waals surface area contributed by atoms with Crippen LogP contribution in [0.2, 0.25) is 0 Å². The molecule has 0 aliphatic carbocycles. The fraction of sp³-hybridized carbons (Fsp3) is 0.400. The number of carboxylic acids is 1. The number of likely N-dealkylation sites (tertiary alicyclic amines) is 1. The van der Waals surface area contributed by atoms with Gasteiger partial charge in [-0.3, -0.25) is 14.4 Å². The van der Waals surface area contributed by atoms with Gasteiger partial charge >= 0.3 is 5.97 Å². The van der Waals surface area contributed by atoms with Gasteiger partial charge in [0.1, 0.15) is 5.69 Å². The Balaban J connectivity index is 2.09. The molecule has 17 heavy (non-hydrogen) atoms. The molecule has 2 heterocycles. The van der Waals surface area contributed by atoms with Crippen LogP contribution < -0.4 is 5.56 Å². The molecule has 1 saturated heterocycles. The Morgan fingerprint density at radius 2 is 2.06 bits per heavy atom. The Morgan fingerprint density at radius 3 is 2.59 bits per heavy atom. The van der Waals surface area contributed by atoms with Crippen LogP contribution >= 0.6 is 0 Å². The molecule has 1 fully saturated rings. The molecule has 0 spiro atoms. The molecule has 1 aromatic heterocycles. The predicted octanol–water partition coefficient (Wildman–Crippen LogP) is -1.06. The first-order valence-electron chi connectivity index (χ1n) is 5.05. The van der Waals surface area contributed by atoms with E-state index in [0.717, 1.165) is 4.68 Å². The van der Waals surface area contributed by atoms with E-state index in [0.29, 0.717) is 0 Å². The number of nitrogens with zero attached hydrogens (tertiary/aromatic N) is 3. The van der Waals surface area contributed by atoms with E-state index in [1.54, 1.807) is 0 Å². The quantitative estimate of drug-likeness (QED) is 0.707. The molecule has 0 saturated carbocycles. The van der Waals surface area contributed by atoms with E-state index in [1.807, 2.05) is 0 Å². The first-order chi connectivity index (χ1) is 7.99. The minimum Gasteiger partial charge on any atom is -0.481 e. The molecule has 1 aliphatic rings. The summed E-state index contributed by atoms with van der Waals surface area (Å²) in [6.07, 6.45) is 0. The molecular formula is C10H11N3O4. The van der Waals surface area contributed by atoms with Gasteiger partial charge in [0.15, 0.2) is 0 Å². The second kappa shape index (κ2) is 4.00. The molecule has 0 radical (unpaired) electrons. The van der Waals surface area contributed by atoms with Gasteiger partial charge in [-0.05, 0) is 6.07 Å². The molecule has 1 aromatic rings. The van der Waals surface area contributed by atoms with E-state index >= 15 is 0 Å². The summed E-state index contributed by atoms with van der Waals surface area (Å²) in [6, 6.07) is 2.60. The highest BCUT2D eigenvalue weighted by Crippen LogP contribution is 2.17. The molecule has 1 amide bonds. The van der Waals surface area contributed by atoms with Crippen LogP contribution in [-0.4, -0.2) is 44.8 Å². The number of aromatic nitrogens is 2. The maximum absolute atomic E-state index is 11.8. The predicted molar refractivity (Wildman–Crippen MR) is 56.5 cm³/mol. The molecule has 1 N–H and O–H groups in total. The number of carboxylic acid groups (broad SMARTS) is 1. The van der Waals surface area contributed by atoms with E-state index in [9.17, 15) is 14.4 Å². The van der Waals surface area contributed by atoms with Crippen molar-refractivity contribution >= 4 is 11.9 Å². The van der Waals surface area contributed by atoms with Crippen LogP contribution in [0, 0.1) is 5.92 Å². The third-order valence-electron chi connectivity index (χ3n) is 2.70. The van der Waals surface area contributed by atoms with Crippen molar-refractivity contribution in [2.24, 2.45) is 13.0 Å². The van der Waals surface area contributed by atoms with Gasteiger partial charge in [-0.15, -0.1) is 0 Å². The summed E-state index contributed by atoms with van der Waals surface area (Å²) >= 11 is 0. The zero-order chi connectivity index (χ0) is 12.6. The Labute approximate surface area is 96.3 Å². The first-order valence-corrected chi connectivity index (χ1v) is 5.05. The number of amides is 1. The first kappa shape index (κ1) is 11.3. The second-order valence-electron chi connectivity index (χ2n) is 3.93. The summed E-state index contributed by atoms with van der Waals surface area (Å²) in [7, 11) is 1.45. The van der Waals surface area contributed by atoms with E-state index < -0.39 is 11.9 Å². The highest BCUT2D eigenvalue weighted by atomic mass is 16.4. The Morgan fingerprint density at radius 1 is 1.41 bits per heavy atom. The molecule has 90 valence electrons. The summed E-state index contributed by atoms with van der Waals surface area (Å²) < 4.78 is 1.07. The van der Waals surface area contributed by atoms with Crippen LogP contribution in [-0.2, 0) is 11.8 Å². The van der Waals surface area contributed by atoms with Crippen molar-refractivity contribution in [3.8, 4) is 0 Å². The van der Waals surface area contributed by atoms with E-state index in [4.69, 9.17) is 5.11 Å². The lowest BCUT2D eigenvalue weighted by molar-refractivity contribution is -0.146. The number of carbonyl (C=O) groups is 2. The average molecular weight is 237 g/mol. The second-order valence-corrected chi connectivity index (χ2v) is 3.93. The minimum absolute atomic E-state index is 0.149. The fourth-order valence-electron chi connectivity index (χ4n) is 1.58. The van der Waals surface area contributed by atoms with Gasteiger partial charge in [0, 0.05) is 26.2 Å². The van der Waals surface area contributed by atoms with Crippen molar-refractivity contribution in [2.45, 2.75) is 0 Å².